The highest BCUT2D eigenvalue weighted by Crippen LogP contribution is 2.26. The molecule has 0 saturated heterocycles. The number of rotatable bonds is 5. The molecule has 4 rings (SSSR count). The Morgan fingerprint density at radius 3 is 2.74 bits per heavy atom. The summed E-state index contributed by atoms with van der Waals surface area (Å²) in [7, 11) is 3.57. The third kappa shape index (κ3) is 3.47. The highest BCUT2D eigenvalue weighted by molar-refractivity contribution is 7.98. The van der Waals surface area contributed by atoms with E-state index < -0.39 is 0 Å². The van der Waals surface area contributed by atoms with Crippen molar-refractivity contribution < 1.29 is 4.74 Å². The van der Waals surface area contributed by atoms with Crippen LogP contribution >= 0.6 is 23.1 Å². The van der Waals surface area contributed by atoms with Gasteiger partial charge in [0.2, 0.25) is 0 Å². The van der Waals surface area contributed by atoms with Gasteiger partial charge in [-0.15, -0.1) is 21.5 Å². The zero-order valence-electron chi connectivity index (χ0n) is 15.0. The molecule has 0 fully saturated rings. The van der Waals surface area contributed by atoms with Crippen LogP contribution in [0.2, 0.25) is 0 Å². The summed E-state index contributed by atoms with van der Waals surface area (Å²) < 4.78 is 8.71. The van der Waals surface area contributed by atoms with Crippen molar-refractivity contribution in [2.75, 3.05) is 7.11 Å². The Hall–Kier alpha value is -2.65. The Morgan fingerprint density at radius 2 is 2.00 bits per heavy atom. The maximum Gasteiger partial charge on any atom is 0.258 e. The molecule has 3 heterocycles. The maximum atomic E-state index is 12.2. The van der Waals surface area contributed by atoms with Gasteiger partial charge in [0, 0.05) is 35.5 Å². The summed E-state index contributed by atoms with van der Waals surface area (Å²) in [5, 5.41) is 9.34. The van der Waals surface area contributed by atoms with Crippen LogP contribution in [0.15, 0.2) is 46.5 Å². The van der Waals surface area contributed by atoms with Gasteiger partial charge in [0.05, 0.1) is 12.8 Å². The van der Waals surface area contributed by atoms with E-state index in [9.17, 15) is 4.79 Å². The van der Waals surface area contributed by atoms with Crippen LogP contribution in [0.5, 0.6) is 5.75 Å². The van der Waals surface area contributed by atoms with Crippen LogP contribution in [0.4, 0.5) is 0 Å². The average Bonchev–Trinajstić information content (AvgIpc) is 3.22. The largest absolute Gasteiger partial charge is 0.497 e. The van der Waals surface area contributed by atoms with E-state index in [1.807, 2.05) is 49.0 Å². The molecule has 0 atom stereocenters. The van der Waals surface area contributed by atoms with Gasteiger partial charge in [0.1, 0.15) is 5.75 Å². The Kier molecular flexibility index (Phi) is 4.71. The number of methoxy groups -OCH3 is 1. The second kappa shape index (κ2) is 7.16. The molecular formula is C18H17N5O2S2. The van der Waals surface area contributed by atoms with Crippen molar-refractivity contribution >= 4 is 28.1 Å². The first-order valence-electron chi connectivity index (χ1n) is 8.20. The smallest absolute Gasteiger partial charge is 0.258 e. The van der Waals surface area contributed by atoms with E-state index in [0.717, 1.165) is 32.9 Å². The summed E-state index contributed by atoms with van der Waals surface area (Å²) in [6.07, 6.45) is 1.82. The molecule has 0 N–H and O–H groups in total. The fraction of sp³-hybridized carbons (Fsp3) is 0.222. The van der Waals surface area contributed by atoms with Crippen molar-refractivity contribution in [3.63, 3.8) is 0 Å². The fourth-order valence-electron chi connectivity index (χ4n) is 2.70. The first-order valence-corrected chi connectivity index (χ1v) is 10.0. The molecule has 0 spiro atoms. The van der Waals surface area contributed by atoms with E-state index in [0.29, 0.717) is 10.7 Å². The van der Waals surface area contributed by atoms with Gasteiger partial charge in [0.15, 0.2) is 15.9 Å². The normalized spacial score (nSPS) is 11.2. The van der Waals surface area contributed by atoms with Crippen molar-refractivity contribution in [2.24, 2.45) is 7.05 Å². The number of aryl methyl sites for hydroxylation is 1. The summed E-state index contributed by atoms with van der Waals surface area (Å²) in [5.74, 6) is 2.13. The van der Waals surface area contributed by atoms with E-state index >= 15 is 0 Å². The van der Waals surface area contributed by atoms with Crippen LogP contribution in [0, 0.1) is 6.92 Å². The lowest BCUT2D eigenvalue weighted by Crippen LogP contribution is -2.12. The summed E-state index contributed by atoms with van der Waals surface area (Å²) in [5.41, 5.74) is 1.64. The van der Waals surface area contributed by atoms with Gasteiger partial charge in [-0.2, -0.15) is 0 Å². The first-order chi connectivity index (χ1) is 13.0. The lowest BCUT2D eigenvalue weighted by atomic mass is 10.2. The van der Waals surface area contributed by atoms with Gasteiger partial charge in [0.25, 0.3) is 5.56 Å². The number of aromatic nitrogens is 5. The number of fused-ring (bicyclic) bond motifs is 1. The minimum absolute atomic E-state index is 0.0585. The van der Waals surface area contributed by atoms with Gasteiger partial charge in [-0.1, -0.05) is 11.8 Å². The molecule has 138 valence electrons. The molecule has 0 radical (unpaired) electrons. The van der Waals surface area contributed by atoms with Gasteiger partial charge in [-0.05, 0) is 31.2 Å². The summed E-state index contributed by atoms with van der Waals surface area (Å²) >= 11 is 3.01. The number of benzene rings is 1. The van der Waals surface area contributed by atoms with Crippen LogP contribution in [0.1, 0.15) is 10.6 Å². The second-order valence-electron chi connectivity index (χ2n) is 5.96. The van der Waals surface area contributed by atoms with E-state index in [1.54, 1.807) is 17.6 Å². The van der Waals surface area contributed by atoms with Crippen molar-refractivity contribution in [1.29, 1.82) is 0 Å². The molecule has 4 aromatic rings. The van der Waals surface area contributed by atoms with E-state index in [1.165, 1.54) is 23.1 Å². The van der Waals surface area contributed by atoms with Crippen LogP contribution < -0.4 is 10.3 Å². The quantitative estimate of drug-likeness (QED) is 0.480. The second-order valence-corrected chi connectivity index (χ2v) is 8.12. The Labute approximate surface area is 163 Å². The Balaban J connectivity index is 1.55. The van der Waals surface area contributed by atoms with Gasteiger partial charge >= 0.3 is 0 Å². The number of hydrogen-bond acceptors (Lipinski definition) is 7. The minimum Gasteiger partial charge on any atom is -0.497 e. The highest BCUT2D eigenvalue weighted by Gasteiger charge is 2.13. The monoisotopic (exact) mass is 399 g/mol. The van der Waals surface area contributed by atoms with E-state index in [-0.39, 0.29) is 5.56 Å². The molecule has 0 unspecified atom stereocenters. The van der Waals surface area contributed by atoms with Crippen molar-refractivity contribution in [2.45, 2.75) is 17.8 Å². The molecule has 7 nitrogen and oxygen atoms in total. The maximum absolute atomic E-state index is 12.2. The van der Waals surface area contributed by atoms with Gasteiger partial charge in [-0.3, -0.25) is 9.20 Å². The summed E-state index contributed by atoms with van der Waals surface area (Å²) in [4.78, 5) is 18.6. The topological polar surface area (TPSA) is 74.3 Å². The number of nitrogens with zero attached hydrogens (tertiary/aromatic N) is 5. The summed E-state index contributed by atoms with van der Waals surface area (Å²) in [6.45, 7) is 1.97. The summed E-state index contributed by atoms with van der Waals surface area (Å²) in [6, 6.07) is 9.27. The molecule has 0 aliphatic carbocycles. The van der Waals surface area contributed by atoms with Crippen LogP contribution in [-0.2, 0) is 12.8 Å². The third-order valence-electron chi connectivity index (χ3n) is 4.07. The van der Waals surface area contributed by atoms with Gasteiger partial charge < -0.3 is 9.30 Å². The highest BCUT2D eigenvalue weighted by atomic mass is 32.2. The fourth-order valence-corrected chi connectivity index (χ4v) is 4.36. The predicted octanol–water partition coefficient (Wildman–Crippen LogP) is 3.16. The molecule has 0 aliphatic heterocycles. The van der Waals surface area contributed by atoms with Crippen LogP contribution in [0.25, 0.3) is 16.3 Å². The Morgan fingerprint density at radius 1 is 1.22 bits per heavy atom. The Bertz CT molecular complexity index is 1160. The zero-order chi connectivity index (χ0) is 19.0. The molecule has 0 amide bonds. The molecule has 0 aliphatic rings. The molecular weight excluding hydrogens is 382 g/mol. The predicted molar refractivity (Wildman–Crippen MR) is 107 cm³/mol. The SMILES string of the molecule is COc1ccc(-c2nnc(SCc3cc(=O)n4cc(C)sc4n3)n2C)cc1. The van der Waals surface area contributed by atoms with Crippen molar-refractivity contribution in [3.8, 4) is 17.1 Å². The van der Waals surface area contributed by atoms with E-state index in [4.69, 9.17) is 4.74 Å². The molecule has 3 aromatic heterocycles. The first kappa shape index (κ1) is 17.7. The molecule has 27 heavy (non-hydrogen) atoms. The molecule has 0 bridgehead atoms. The molecule has 9 heteroatoms. The van der Waals surface area contributed by atoms with E-state index in [2.05, 4.69) is 15.2 Å². The third-order valence-corrected chi connectivity index (χ3v) is 6.02. The van der Waals surface area contributed by atoms with Crippen molar-refractivity contribution in [1.82, 2.24) is 24.1 Å². The molecule has 0 saturated carbocycles. The van der Waals surface area contributed by atoms with Crippen molar-refractivity contribution in [3.05, 3.63) is 57.5 Å². The number of thioether (sulfide) groups is 1. The average molecular weight is 400 g/mol. The number of thiazole rings is 1. The zero-order valence-corrected chi connectivity index (χ0v) is 16.7. The van der Waals surface area contributed by atoms with Crippen LogP contribution in [0.3, 0.4) is 0 Å². The number of hydrogen-bond donors (Lipinski definition) is 0. The molecule has 1 aromatic carbocycles. The van der Waals surface area contributed by atoms with Gasteiger partial charge in [-0.25, -0.2) is 4.98 Å². The lowest BCUT2D eigenvalue weighted by Gasteiger charge is -2.05. The number of ether oxygens (including phenoxy) is 1. The standard InChI is InChI=1S/C18H17N5O2S2/c1-11-9-23-15(24)8-13(19-17(23)27-11)10-26-18-21-20-16(22(18)2)12-4-6-14(25-3)7-5-12/h4-9H,10H2,1-3H3. The van der Waals surface area contributed by atoms with Crippen LogP contribution in [-0.4, -0.2) is 31.3 Å². The minimum atomic E-state index is -0.0585. The lowest BCUT2D eigenvalue weighted by molar-refractivity contribution is 0.415.